The Kier molecular flexibility index (Phi) is 5.83. The smallest absolute Gasteiger partial charge is 0.407 e. The van der Waals surface area contributed by atoms with Crippen LogP contribution in [0.3, 0.4) is 0 Å². The van der Waals surface area contributed by atoms with Gasteiger partial charge in [-0.25, -0.2) is 4.79 Å². The fraction of sp³-hybridized carbons (Fsp3) is 0.263. The van der Waals surface area contributed by atoms with Crippen LogP contribution >= 0.6 is 0 Å². The van der Waals surface area contributed by atoms with Gasteiger partial charge >= 0.3 is 6.09 Å². The van der Waals surface area contributed by atoms with Crippen LogP contribution < -0.4 is 5.32 Å². The van der Waals surface area contributed by atoms with Crippen LogP contribution in [0.2, 0.25) is 0 Å². The molecular weight excluding hydrogens is 334 g/mol. The van der Waals surface area contributed by atoms with E-state index in [-0.39, 0.29) is 19.6 Å². The van der Waals surface area contributed by atoms with Crippen LogP contribution in [0, 0.1) is 0 Å². The number of aliphatic hydroxyl groups excluding tert-OH is 2. The van der Waals surface area contributed by atoms with Crippen LogP contribution in [-0.2, 0) is 11.3 Å². The lowest BCUT2D eigenvalue weighted by Gasteiger charge is -2.17. The normalized spacial score (nSPS) is 13.3. The fourth-order valence-electron chi connectivity index (χ4n) is 2.65. The molecule has 0 radical (unpaired) electrons. The summed E-state index contributed by atoms with van der Waals surface area (Å²) in [6.45, 7) is 0.357. The topological polar surface area (TPSA) is 107 Å². The first-order chi connectivity index (χ1) is 12.6. The number of carbonyl (C=O) groups excluding carboxylic acids is 1. The second-order valence-electron chi connectivity index (χ2n) is 5.94. The lowest BCUT2D eigenvalue weighted by Crippen LogP contribution is -2.30. The van der Waals surface area contributed by atoms with Gasteiger partial charge in [-0.05, 0) is 18.1 Å². The zero-order valence-corrected chi connectivity index (χ0v) is 14.1. The minimum atomic E-state index is -1.12. The molecular formula is C19H21N3O4. The van der Waals surface area contributed by atoms with Gasteiger partial charge in [0.2, 0.25) is 0 Å². The van der Waals surface area contributed by atoms with Crippen LogP contribution in [0.5, 0.6) is 0 Å². The van der Waals surface area contributed by atoms with Crippen molar-refractivity contribution in [2.75, 3.05) is 6.54 Å². The van der Waals surface area contributed by atoms with E-state index in [1.54, 1.807) is 0 Å². The molecule has 0 aliphatic carbocycles. The third kappa shape index (κ3) is 4.38. The highest BCUT2D eigenvalue weighted by atomic mass is 16.5. The van der Waals surface area contributed by atoms with Gasteiger partial charge in [0, 0.05) is 11.9 Å². The first-order valence-electron chi connectivity index (χ1n) is 8.39. The van der Waals surface area contributed by atoms with Crippen LogP contribution in [0.25, 0.3) is 10.9 Å². The van der Waals surface area contributed by atoms with Crippen molar-refractivity contribution in [3.05, 3.63) is 65.9 Å². The number of hydrogen-bond acceptors (Lipinski definition) is 5. The van der Waals surface area contributed by atoms with E-state index < -0.39 is 18.3 Å². The van der Waals surface area contributed by atoms with Gasteiger partial charge in [0.05, 0.1) is 17.3 Å². The maximum Gasteiger partial charge on any atom is 0.407 e. The van der Waals surface area contributed by atoms with E-state index in [4.69, 9.17) is 4.74 Å². The number of benzene rings is 2. The standard InChI is InChI=1S/C19H21N3O4/c23-16(18(24)17-14-8-4-5-9-15(14)21-22-17)10-11-20-19(25)26-12-13-6-2-1-3-7-13/h1-9,16,18,23-24H,10-12H2,(H,20,25)(H,21,22). The second kappa shape index (κ2) is 8.46. The molecule has 1 amide bonds. The first kappa shape index (κ1) is 17.9. The van der Waals surface area contributed by atoms with Gasteiger partial charge in [-0.15, -0.1) is 0 Å². The Balaban J connectivity index is 1.44. The number of ether oxygens (including phenoxy) is 1. The third-order valence-electron chi connectivity index (χ3n) is 4.07. The molecule has 0 spiro atoms. The maximum absolute atomic E-state index is 11.7. The number of aromatic nitrogens is 2. The van der Waals surface area contributed by atoms with Crippen LogP contribution in [0.15, 0.2) is 54.6 Å². The van der Waals surface area contributed by atoms with Crippen molar-refractivity contribution >= 4 is 17.0 Å². The highest BCUT2D eigenvalue weighted by Gasteiger charge is 2.22. The zero-order valence-electron chi connectivity index (χ0n) is 14.1. The van der Waals surface area contributed by atoms with Gasteiger partial charge in [0.1, 0.15) is 12.7 Å². The predicted molar refractivity (Wildman–Crippen MR) is 96.3 cm³/mol. The van der Waals surface area contributed by atoms with Gasteiger partial charge in [0.15, 0.2) is 0 Å². The largest absolute Gasteiger partial charge is 0.445 e. The average molecular weight is 355 g/mol. The number of nitrogens with zero attached hydrogens (tertiary/aromatic N) is 1. The number of amides is 1. The second-order valence-corrected chi connectivity index (χ2v) is 5.94. The lowest BCUT2D eigenvalue weighted by molar-refractivity contribution is 0.0119. The number of H-pyrrole nitrogens is 1. The van der Waals surface area contributed by atoms with Gasteiger partial charge in [-0.3, -0.25) is 5.10 Å². The number of aliphatic hydroxyl groups is 2. The number of rotatable bonds is 7. The summed E-state index contributed by atoms with van der Waals surface area (Å²) >= 11 is 0. The molecule has 3 aromatic rings. The molecule has 0 aliphatic rings. The van der Waals surface area contributed by atoms with Crippen molar-refractivity contribution in [1.82, 2.24) is 15.5 Å². The van der Waals surface area contributed by atoms with Gasteiger partial charge < -0.3 is 20.3 Å². The molecule has 2 aromatic carbocycles. The van der Waals surface area contributed by atoms with E-state index >= 15 is 0 Å². The number of nitrogens with one attached hydrogen (secondary N) is 2. The van der Waals surface area contributed by atoms with E-state index in [2.05, 4.69) is 15.5 Å². The SMILES string of the molecule is O=C(NCCC(O)C(O)c1[nH]nc2ccccc12)OCc1ccccc1. The molecule has 0 saturated carbocycles. The van der Waals surface area contributed by atoms with Crippen LogP contribution in [-0.4, -0.2) is 39.2 Å². The minimum absolute atomic E-state index is 0.176. The van der Waals surface area contributed by atoms with E-state index in [0.29, 0.717) is 5.69 Å². The molecule has 2 unspecified atom stereocenters. The number of fused-ring (bicyclic) bond motifs is 1. The van der Waals surface area contributed by atoms with Crippen LogP contribution in [0.4, 0.5) is 4.79 Å². The van der Waals surface area contributed by atoms with E-state index in [9.17, 15) is 15.0 Å². The highest BCUT2D eigenvalue weighted by Crippen LogP contribution is 2.24. The van der Waals surface area contributed by atoms with Crippen molar-refractivity contribution in [3.8, 4) is 0 Å². The Labute approximate surface area is 150 Å². The number of para-hydroxylation sites is 1. The Morgan fingerprint density at radius 3 is 2.65 bits per heavy atom. The minimum Gasteiger partial charge on any atom is -0.445 e. The summed E-state index contributed by atoms with van der Waals surface area (Å²) in [5.74, 6) is 0. The van der Waals surface area contributed by atoms with Crippen molar-refractivity contribution in [3.63, 3.8) is 0 Å². The monoisotopic (exact) mass is 355 g/mol. The molecule has 1 aromatic heterocycles. The van der Waals surface area contributed by atoms with Crippen molar-refractivity contribution in [1.29, 1.82) is 0 Å². The van der Waals surface area contributed by atoms with Gasteiger partial charge in [-0.2, -0.15) is 5.10 Å². The number of hydrogen-bond donors (Lipinski definition) is 4. The Bertz CT molecular complexity index is 850. The van der Waals surface area contributed by atoms with Crippen molar-refractivity contribution < 1.29 is 19.7 Å². The molecule has 3 rings (SSSR count). The average Bonchev–Trinajstić information content (AvgIpc) is 3.10. The molecule has 2 atom stereocenters. The Hall–Kier alpha value is -2.90. The summed E-state index contributed by atoms with van der Waals surface area (Å²) in [6, 6.07) is 16.7. The highest BCUT2D eigenvalue weighted by molar-refractivity contribution is 5.81. The van der Waals surface area contributed by atoms with E-state index in [1.807, 2.05) is 54.6 Å². The molecule has 7 nitrogen and oxygen atoms in total. The molecule has 1 heterocycles. The quantitative estimate of drug-likeness (QED) is 0.520. The van der Waals surface area contributed by atoms with Gasteiger partial charge in [0.25, 0.3) is 0 Å². The maximum atomic E-state index is 11.7. The van der Waals surface area contributed by atoms with Crippen LogP contribution in [0.1, 0.15) is 23.8 Å². The molecule has 4 N–H and O–H groups in total. The number of aromatic amines is 1. The number of carbonyl (C=O) groups is 1. The fourth-order valence-corrected chi connectivity index (χ4v) is 2.65. The van der Waals surface area contributed by atoms with Crippen molar-refractivity contribution in [2.24, 2.45) is 0 Å². The molecule has 7 heteroatoms. The Morgan fingerprint density at radius 2 is 1.85 bits per heavy atom. The molecule has 0 saturated heterocycles. The molecule has 0 bridgehead atoms. The zero-order chi connectivity index (χ0) is 18.4. The summed E-state index contributed by atoms with van der Waals surface area (Å²) in [4.78, 5) is 11.7. The predicted octanol–water partition coefficient (Wildman–Crippen LogP) is 2.27. The summed E-state index contributed by atoms with van der Waals surface area (Å²) in [6.07, 6.45) is -2.56. The van der Waals surface area contributed by atoms with E-state index in [1.165, 1.54) is 0 Å². The molecule has 0 fully saturated rings. The third-order valence-corrected chi connectivity index (χ3v) is 4.07. The molecule has 0 aliphatic heterocycles. The Morgan fingerprint density at radius 1 is 1.12 bits per heavy atom. The first-order valence-corrected chi connectivity index (χ1v) is 8.39. The summed E-state index contributed by atoms with van der Waals surface area (Å²) < 4.78 is 5.09. The summed E-state index contributed by atoms with van der Waals surface area (Å²) in [5.41, 5.74) is 2.07. The lowest BCUT2D eigenvalue weighted by atomic mass is 10.0. The van der Waals surface area contributed by atoms with Gasteiger partial charge in [-0.1, -0.05) is 48.5 Å². The summed E-state index contributed by atoms with van der Waals surface area (Å²) in [7, 11) is 0. The van der Waals surface area contributed by atoms with Crippen molar-refractivity contribution in [2.45, 2.75) is 25.2 Å². The number of alkyl carbamates (subject to hydrolysis) is 1. The molecule has 136 valence electrons. The molecule has 26 heavy (non-hydrogen) atoms. The summed E-state index contributed by atoms with van der Waals surface area (Å²) in [5, 5.41) is 30.7. The van der Waals surface area contributed by atoms with E-state index in [0.717, 1.165) is 16.5 Å².